The van der Waals surface area contributed by atoms with E-state index in [2.05, 4.69) is 10.5 Å². The molecule has 3 N–H and O–H groups in total. The number of ether oxygens (including phenoxy) is 2. The largest absolute Gasteiger partial charge is 0.654 e. The fourth-order valence-electron chi connectivity index (χ4n) is 1.65. The number of rotatable bonds is 2. The lowest BCUT2D eigenvalue weighted by Gasteiger charge is -2.17. The Hall–Kier alpha value is -2.64. The predicted octanol–water partition coefficient (Wildman–Crippen LogP) is 4.24. The summed E-state index contributed by atoms with van der Waals surface area (Å²) < 4.78 is 10.4. The molecule has 1 aromatic carbocycles. The summed E-state index contributed by atoms with van der Waals surface area (Å²) in [5.41, 5.74) is 8.95. The molecule has 138 valence electrons. The monoisotopic (exact) mass is 351 g/mol. The number of nitrogens with zero attached hydrogens (tertiary/aromatic N) is 2. The maximum absolute atomic E-state index is 12.3. The van der Waals surface area contributed by atoms with Crippen LogP contribution in [0.25, 0.3) is 0 Å². The molecule has 0 atom stereocenters. The zero-order valence-corrected chi connectivity index (χ0v) is 15.8. The van der Waals surface area contributed by atoms with E-state index in [1.807, 2.05) is 6.92 Å². The third-order valence-electron chi connectivity index (χ3n) is 2.65. The highest BCUT2D eigenvalue weighted by atomic mass is 16.6. The van der Waals surface area contributed by atoms with E-state index in [-0.39, 0.29) is 0 Å². The van der Waals surface area contributed by atoms with Gasteiger partial charge in [-0.2, -0.15) is 4.79 Å². The van der Waals surface area contributed by atoms with Crippen molar-refractivity contribution in [3.63, 3.8) is 0 Å². The molecule has 0 unspecified atom stereocenters. The van der Waals surface area contributed by atoms with Crippen molar-refractivity contribution in [1.82, 2.24) is 0 Å². The summed E-state index contributed by atoms with van der Waals surface area (Å²) in [5, 5.41) is 3.65. The Morgan fingerprint density at radius 2 is 1.64 bits per heavy atom. The van der Waals surface area contributed by atoms with Gasteiger partial charge in [0.15, 0.2) is 0 Å². The minimum Gasteiger partial charge on any atom is -0.439 e. The number of nitrogen functional groups attached to an aromatic ring is 1. The van der Waals surface area contributed by atoms with E-state index >= 15 is 0 Å². The normalized spacial score (nSPS) is 12.5. The number of benzene rings is 1. The van der Waals surface area contributed by atoms with E-state index in [0.717, 1.165) is 5.56 Å². The van der Waals surface area contributed by atoms with Gasteiger partial charge in [0.25, 0.3) is 0 Å². The van der Waals surface area contributed by atoms with E-state index in [9.17, 15) is 9.59 Å². The molecule has 25 heavy (non-hydrogen) atoms. The van der Waals surface area contributed by atoms with Crippen molar-refractivity contribution in [2.45, 2.75) is 59.7 Å². The van der Waals surface area contributed by atoms with Gasteiger partial charge in [0.2, 0.25) is 0 Å². The molecular formula is C17H27N4O4+. The van der Waals surface area contributed by atoms with E-state index in [1.165, 1.54) is 0 Å². The van der Waals surface area contributed by atoms with Gasteiger partial charge in [0.1, 0.15) is 21.1 Å². The molecule has 8 nitrogen and oxygen atoms in total. The third-order valence-corrected chi connectivity index (χ3v) is 2.65. The Balaban J connectivity index is 3.11. The van der Waals surface area contributed by atoms with Crippen LogP contribution in [0.2, 0.25) is 0 Å². The van der Waals surface area contributed by atoms with Crippen LogP contribution in [-0.4, -0.2) is 28.2 Å². The molecular weight excluding hydrogens is 324 g/mol. The molecule has 0 aromatic heterocycles. The summed E-state index contributed by atoms with van der Waals surface area (Å²) in [5.74, 6) is 0. The zero-order chi connectivity index (χ0) is 19.4. The number of carbonyl (C=O) groups excluding carboxylic acids is 2. The number of azo groups is 1. The SMILES string of the molecule is Cc1cc(N[N+](=NC(=O)OC(C)(C)C)C(=O)OC(C)(C)C)ccc1N. The lowest BCUT2D eigenvalue weighted by atomic mass is 10.2. The molecule has 0 spiro atoms. The fraction of sp³-hybridized carbons (Fsp3) is 0.529. The first kappa shape index (κ1) is 20.4. The Kier molecular flexibility index (Phi) is 6.12. The second-order valence-corrected chi connectivity index (χ2v) is 7.56. The number of hydrazine groups is 1. The molecule has 8 heteroatoms. The van der Waals surface area contributed by atoms with Gasteiger partial charge < -0.3 is 15.2 Å². The van der Waals surface area contributed by atoms with Crippen LogP contribution in [0.5, 0.6) is 0 Å². The first-order valence-electron chi connectivity index (χ1n) is 7.87. The molecule has 0 aliphatic carbocycles. The quantitative estimate of drug-likeness (QED) is 0.357. The fourth-order valence-corrected chi connectivity index (χ4v) is 1.65. The number of amides is 2. The molecule has 0 saturated carbocycles. The van der Waals surface area contributed by atoms with Gasteiger partial charge in [-0.25, -0.2) is 4.79 Å². The minimum atomic E-state index is -0.918. The molecule has 1 aromatic rings. The van der Waals surface area contributed by atoms with Crippen LogP contribution < -0.4 is 11.2 Å². The first-order valence-corrected chi connectivity index (χ1v) is 7.87. The van der Waals surface area contributed by atoms with Gasteiger partial charge in [-0.3, -0.25) is 0 Å². The summed E-state index contributed by atoms with van der Waals surface area (Å²) in [7, 11) is 0. The average Bonchev–Trinajstić information content (AvgIpc) is 2.38. The maximum atomic E-state index is 12.3. The second kappa shape index (κ2) is 7.50. The topological polar surface area (TPSA) is 106 Å². The van der Waals surface area contributed by atoms with Crippen LogP contribution in [0.1, 0.15) is 47.1 Å². The Morgan fingerprint density at radius 1 is 1.08 bits per heavy atom. The standard InChI is InChI=1S/C17H26N4O4/c1-11-10-12(8-9-13(11)18)19-21(15(23)25-17(5,6)7)20-14(22)24-16(2,3)4/h8-10,18H,1-7H3,(H,20,22)/p+1. The summed E-state index contributed by atoms with van der Waals surface area (Å²) in [6.07, 6.45) is -1.76. The maximum Gasteiger partial charge on any atom is 0.654 e. The van der Waals surface area contributed by atoms with Crippen LogP contribution in [0.4, 0.5) is 21.0 Å². The average molecular weight is 351 g/mol. The Bertz CT molecular complexity index is 685. The second-order valence-electron chi connectivity index (χ2n) is 7.56. The van der Waals surface area contributed by atoms with Gasteiger partial charge in [-0.1, -0.05) is 0 Å². The predicted molar refractivity (Wildman–Crippen MR) is 94.4 cm³/mol. The van der Waals surface area contributed by atoms with E-state index in [1.54, 1.807) is 59.7 Å². The molecule has 2 amide bonds. The van der Waals surface area contributed by atoms with Crippen molar-refractivity contribution in [1.29, 1.82) is 0 Å². The lowest BCUT2D eigenvalue weighted by molar-refractivity contribution is -0.483. The van der Waals surface area contributed by atoms with Gasteiger partial charge in [0.05, 0.1) is 5.69 Å². The van der Waals surface area contributed by atoms with Crippen molar-refractivity contribution >= 4 is 23.6 Å². The van der Waals surface area contributed by atoms with Gasteiger partial charge in [0, 0.05) is 5.69 Å². The highest BCUT2D eigenvalue weighted by Gasteiger charge is 2.32. The smallest absolute Gasteiger partial charge is 0.439 e. The van der Waals surface area contributed by atoms with Crippen molar-refractivity contribution in [2.24, 2.45) is 5.11 Å². The summed E-state index contributed by atoms with van der Waals surface area (Å²) in [6.45, 7) is 12.1. The van der Waals surface area contributed by atoms with Crippen molar-refractivity contribution in [3.8, 4) is 0 Å². The number of anilines is 2. The van der Waals surface area contributed by atoms with Gasteiger partial charge >= 0.3 is 12.2 Å². The molecule has 0 heterocycles. The van der Waals surface area contributed by atoms with Crippen molar-refractivity contribution < 1.29 is 23.9 Å². The van der Waals surface area contributed by atoms with Crippen LogP contribution in [0.3, 0.4) is 0 Å². The van der Waals surface area contributed by atoms with Crippen LogP contribution >= 0.6 is 0 Å². The third kappa shape index (κ3) is 7.65. The number of hydrogen-bond donors (Lipinski definition) is 2. The number of nitrogens with one attached hydrogen (secondary N) is 1. The molecule has 0 fully saturated rings. The molecule has 0 aliphatic rings. The Morgan fingerprint density at radius 3 is 2.12 bits per heavy atom. The number of hydrogen-bond acceptors (Lipinski definition) is 5. The lowest BCUT2D eigenvalue weighted by Crippen LogP contribution is -2.34. The van der Waals surface area contributed by atoms with Gasteiger partial charge in [-0.05, 0) is 72.2 Å². The summed E-state index contributed by atoms with van der Waals surface area (Å²) >= 11 is 0. The number of nitrogens with two attached hydrogens (primary N) is 1. The Labute approximate surface area is 148 Å². The zero-order valence-electron chi connectivity index (χ0n) is 15.8. The molecule has 0 aliphatic heterocycles. The first-order chi connectivity index (χ1) is 11.3. The van der Waals surface area contributed by atoms with Gasteiger partial charge in [-0.15, -0.1) is 5.43 Å². The summed E-state index contributed by atoms with van der Waals surface area (Å²) in [4.78, 5) is 25.0. The molecule has 0 radical (unpaired) electrons. The molecule has 1 rings (SSSR count). The van der Waals surface area contributed by atoms with E-state index in [0.29, 0.717) is 16.2 Å². The van der Waals surface area contributed by atoms with Crippen LogP contribution in [0, 0.1) is 6.92 Å². The highest BCUT2D eigenvalue weighted by Crippen LogP contribution is 2.18. The highest BCUT2D eigenvalue weighted by molar-refractivity contribution is 5.69. The van der Waals surface area contributed by atoms with E-state index in [4.69, 9.17) is 15.2 Å². The number of carbonyl (C=O) groups is 2. The van der Waals surface area contributed by atoms with E-state index < -0.39 is 23.4 Å². The summed E-state index contributed by atoms with van der Waals surface area (Å²) in [6, 6.07) is 5.06. The molecule has 0 saturated heterocycles. The van der Waals surface area contributed by atoms with Crippen LogP contribution in [0.15, 0.2) is 23.3 Å². The molecule has 0 bridgehead atoms. The van der Waals surface area contributed by atoms with Crippen molar-refractivity contribution in [3.05, 3.63) is 23.8 Å². The van der Waals surface area contributed by atoms with Crippen LogP contribution in [-0.2, 0) is 9.47 Å². The number of aryl methyl sites for hydroxylation is 1. The minimum absolute atomic E-state index is 0.518. The van der Waals surface area contributed by atoms with Crippen molar-refractivity contribution in [2.75, 3.05) is 11.2 Å².